The third-order valence-electron chi connectivity index (χ3n) is 5.03. The maximum Gasteiger partial charge on any atom is 0.251 e. The minimum Gasteiger partial charge on any atom is -0.486 e. The molecule has 0 saturated carbocycles. The zero-order chi connectivity index (χ0) is 21.5. The van der Waals surface area contributed by atoms with Crippen molar-refractivity contribution < 1.29 is 19.1 Å². The van der Waals surface area contributed by atoms with E-state index in [-0.39, 0.29) is 18.2 Å². The Kier molecular flexibility index (Phi) is 6.47. The molecule has 0 fully saturated rings. The molecule has 1 aliphatic heterocycles. The Balaban J connectivity index is 1.40. The fraction of sp³-hybridized carbons (Fsp3) is 0.200. The van der Waals surface area contributed by atoms with Crippen LogP contribution in [0.5, 0.6) is 11.5 Å². The number of amides is 2. The molecule has 3 aromatic carbocycles. The average molecular weight is 416 g/mol. The zero-order valence-corrected chi connectivity index (χ0v) is 17.0. The summed E-state index contributed by atoms with van der Waals surface area (Å²) >= 11 is 0. The van der Waals surface area contributed by atoms with Crippen LogP contribution in [-0.4, -0.2) is 25.0 Å². The first-order valence-electron chi connectivity index (χ1n) is 10.2. The van der Waals surface area contributed by atoms with Crippen molar-refractivity contribution in [2.24, 2.45) is 0 Å². The normalized spacial score (nSPS) is 13.2. The first-order valence-corrected chi connectivity index (χ1v) is 10.2. The quantitative estimate of drug-likeness (QED) is 0.617. The molecular weight excluding hydrogens is 392 g/mol. The first kappa shape index (κ1) is 20.5. The van der Waals surface area contributed by atoms with E-state index in [1.807, 2.05) is 66.7 Å². The molecule has 2 amide bonds. The number of carbonyl (C=O) groups excluding carboxylic acids is 2. The second kappa shape index (κ2) is 9.80. The molecule has 1 atom stereocenters. The molecule has 6 nitrogen and oxygen atoms in total. The van der Waals surface area contributed by atoms with Gasteiger partial charge in [-0.3, -0.25) is 9.59 Å². The number of ether oxygens (including phenoxy) is 2. The van der Waals surface area contributed by atoms with E-state index in [0.29, 0.717) is 36.8 Å². The number of hydrogen-bond donors (Lipinski definition) is 2. The molecule has 4 rings (SSSR count). The van der Waals surface area contributed by atoms with E-state index in [4.69, 9.17) is 9.47 Å². The maximum atomic E-state index is 12.7. The fourth-order valence-corrected chi connectivity index (χ4v) is 3.42. The van der Waals surface area contributed by atoms with Crippen LogP contribution in [0, 0.1) is 0 Å². The van der Waals surface area contributed by atoms with Crippen molar-refractivity contribution >= 4 is 11.8 Å². The molecular formula is C25H24N2O4. The van der Waals surface area contributed by atoms with Gasteiger partial charge in [-0.15, -0.1) is 0 Å². The Morgan fingerprint density at radius 1 is 0.839 bits per heavy atom. The van der Waals surface area contributed by atoms with Crippen LogP contribution in [0.1, 0.15) is 33.9 Å². The van der Waals surface area contributed by atoms with Crippen molar-refractivity contribution in [2.75, 3.05) is 13.2 Å². The van der Waals surface area contributed by atoms with Crippen LogP contribution in [0.25, 0.3) is 0 Å². The van der Waals surface area contributed by atoms with Gasteiger partial charge in [-0.25, -0.2) is 0 Å². The summed E-state index contributed by atoms with van der Waals surface area (Å²) < 4.78 is 11.1. The SMILES string of the molecule is O=C(CC(NC(=O)c1ccccc1)c1ccccc1)NCc1ccc2c(c1)OCCO2. The highest BCUT2D eigenvalue weighted by atomic mass is 16.6. The maximum absolute atomic E-state index is 12.7. The summed E-state index contributed by atoms with van der Waals surface area (Å²) in [5.74, 6) is 1.04. The smallest absolute Gasteiger partial charge is 0.251 e. The lowest BCUT2D eigenvalue weighted by Crippen LogP contribution is -2.33. The van der Waals surface area contributed by atoms with Crippen LogP contribution >= 0.6 is 0 Å². The van der Waals surface area contributed by atoms with Gasteiger partial charge in [0.2, 0.25) is 5.91 Å². The summed E-state index contributed by atoms with van der Waals surface area (Å²) in [5, 5.41) is 5.92. The molecule has 6 heteroatoms. The van der Waals surface area contributed by atoms with Crippen LogP contribution in [-0.2, 0) is 11.3 Å². The van der Waals surface area contributed by atoms with E-state index in [2.05, 4.69) is 10.6 Å². The van der Waals surface area contributed by atoms with E-state index in [1.165, 1.54) is 0 Å². The Bertz CT molecular complexity index is 1040. The fourth-order valence-electron chi connectivity index (χ4n) is 3.42. The molecule has 2 N–H and O–H groups in total. The number of nitrogens with one attached hydrogen (secondary N) is 2. The van der Waals surface area contributed by atoms with E-state index < -0.39 is 6.04 Å². The van der Waals surface area contributed by atoms with Gasteiger partial charge in [-0.05, 0) is 35.4 Å². The molecule has 158 valence electrons. The monoisotopic (exact) mass is 416 g/mol. The van der Waals surface area contributed by atoms with Crippen molar-refractivity contribution in [3.63, 3.8) is 0 Å². The topological polar surface area (TPSA) is 76.7 Å². The van der Waals surface area contributed by atoms with Gasteiger partial charge >= 0.3 is 0 Å². The van der Waals surface area contributed by atoms with E-state index in [1.54, 1.807) is 12.1 Å². The molecule has 0 bridgehead atoms. The van der Waals surface area contributed by atoms with E-state index in [0.717, 1.165) is 11.1 Å². The summed E-state index contributed by atoms with van der Waals surface area (Å²) in [6.07, 6.45) is 0.132. The van der Waals surface area contributed by atoms with Gasteiger partial charge in [0, 0.05) is 12.1 Å². The second-order valence-corrected chi connectivity index (χ2v) is 7.26. The van der Waals surface area contributed by atoms with E-state index >= 15 is 0 Å². The lowest BCUT2D eigenvalue weighted by atomic mass is 10.0. The summed E-state index contributed by atoms with van der Waals surface area (Å²) in [5.41, 5.74) is 2.35. The van der Waals surface area contributed by atoms with Crippen molar-refractivity contribution in [3.05, 3.63) is 95.6 Å². The molecule has 0 saturated heterocycles. The molecule has 3 aromatic rings. The number of hydrogen-bond acceptors (Lipinski definition) is 4. The first-order chi connectivity index (χ1) is 15.2. The van der Waals surface area contributed by atoms with Crippen LogP contribution in [0.2, 0.25) is 0 Å². The Morgan fingerprint density at radius 3 is 2.26 bits per heavy atom. The number of carbonyl (C=O) groups is 2. The minimum atomic E-state index is -0.436. The summed E-state index contributed by atoms with van der Waals surface area (Å²) in [4.78, 5) is 25.3. The van der Waals surface area contributed by atoms with Gasteiger partial charge in [0.15, 0.2) is 11.5 Å². The number of fused-ring (bicyclic) bond motifs is 1. The van der Waals surface area contributed by atoms with Gasteiger partial charge in [0.25, 0.3) is 5.91 Å². The van der Waals surface area contributed by atoms with Gasteiger partial charge < -0.3 is 20.1 Å². The molecule has 1 unspecified atom stereocenters. The highest BCUT2D eigenvalue weighted by Crippen LogP contribution is 2.30. The third-order valence-corrected chi connectivity index (χ3v) is 5.03. The molecule has 0 aromatic heterocycles. The highest BCUT2D eigenvalue weighted by Gasteiger charge is 2.19. The number of rotatable bonds is 7. The van der Waals surface area contributed by atoms with Crippen LogP contribution in [0.3, 0.4) is 0 Å². The van der Waals surface area contributed by atoms with Gasteiger partial charge in [0.05, 0.1) is 12.5 Å². The zero-order valence-electron chi connectivity index (χ0n) is 17.0. The lowest BCUT2D eigenvalue weighted by Gasteiger charge is -2.20. The van der Waals surface area contributed by atoms with Crippen LogP contribution < -0.4 is 20.1 Å². The van der Waals surface area contributed by atoms with E-state index in [9.17, 15) is 9.59 Å². The van der Waals surface area contributed by atoms with Crippen molar-refractivity contribution in [1.82, 2.24) is 10.6 Å². The van der Waals surface area contributed by atoms with Crippen LogP contribution in [0.4, 0.5) is 0 Å². The molecule has 1 aliphatic rings. The second-order valence-electron chi connectivity index (χ2n) is 7.26. The molecule has 0 aliphatic carbocycles. The van der Waals surface area contributed by atoms with Gasteiger partial charge in [0.1, 0.15) is 13.2 Å². The van der Waals surface area contributed by atoms with Crippen molar-refractivity contribution in [1.29, 1.82) is 0 Å². The van der Waals surface area contributed by atoms with Crippen molar-refractivity contribution in [3.8, 4) is 11.5 Å². The molecule has 1 heterocycles. The van der Waals surface area contributed by atoms with Crippen LogP contribution in [0.15, 0.2) is 78.9 Å². The molecule has 0 spiro atoms. The predicted octanol–water partition coefficient (Wildman–Crippen LogP) is 3.64. The summed E-state index contributed by atoms with van der Waals surface area (Å²) in [6.45, 7) is 1.42. The average Bonchev–Trinajstić information content (AvgIpc) is 2.83. The summed E-state index contributed by atoms with van der Waals surface area (Å²) in [7, 11) is 0. The summed E-state index contributed by atoms with van der Waals surface area (Å²) in [6, 6.07) is 23.7. The standard InChI is InChI=1S/C25H24N2O4/c28-24(26-17-18-11-12-22-23(15-18)31-14-13-30-22)16-21(19-7-3-1-4-8-19)27-25(29)20-9-5-2-6-10-20/h1-12,15,21H,13-14,16-17H2,(H,26,28)(H,27,29). The van der Waals surface area contributed by atoms with Crippen molar-refractivity contribution in [2.45, 2.75) is 19.0 Å². The Hall–Kier alpha value is -3.80. The lowest BCUT2D eigenvalue weighted by molar-refractivity contribution is -0.121. The Morgan fingerprint density at radius 2 is 1.52 bits per heavy atom. The van der Waals surface area contributed by atoms with Gasteiger partial charge in [-0.1, -0.05) is 54.6 Å². The van der Waals surface area contributed by atoms with Gasteiger partial charge in [-0.2, -0.15) is 0 Å². The molecule has 0 radical (unpaired) electrons. The number of benzene rings is 3. The molecule has 31 heavy (non-hydrogen) atoms. The third kappa shape index (κ3) is 5.42. The highest BCUT2D eigenvalue weighted by molar-refractivity contribution is 5.94. The predicted molar refractivity (Wildman–Crippen MR) is 117 cm³/mol. The largest absolute Gasteiger partial charge is 0.486 e. The Labute approximate surface area is 181 Å². The minimum absolute atomic E-state index is 0.132.